The van der Waals surface area contributed by atoms with Crippen LogP contribution in [0, 0.1) is 23.2 Å². The Labute approximate surface area is 286 Å². The van der Waals surface area contributed by atoms with E-state index in [4.69, 9.17) is 42.6 Å². The summed E-state index contributed by atoms with van der Waals surface area (Å²) in [7, 11) is 2.53. The number of aromatic hydroxyl groups is 1. The normalized spacial score (nSPS) is 39.1. The number of phenolic OH excluding ortho intramolecular Hbond substituents is 1. The quantitative estimate of drug-likeness (QED) is 0.0987. The molecule has 4 aliphatic rings. The number of carbonyl (C=O) groups is 1. The first-order chi connectivity index (χ1) is 23.9. The third kappa shape index (κ3) is 7.60. The summed E-state index contributed by atoms with van der Waals surface area (Å²) >= 11 is 0. The standard InChI is InChI=1S/C32H41NO17/c1-4-14-15(16(29(41)43-3)11-45-30(14)50-32-26(39)24(37)23(36)20(10-34)47-32)8-22-44-12-21-28(49-22)25(38)27(40)31(48-21)46-19(9-33)13-5-6-18(42-2)17(35)7-13/h4-7,11,14-15,19-28,30-32,34-40H,1,8,10,12H2,2-3H3/t14-,15+,19+,20-,21-,22-,23-,24+,25-,26-,27-,28-,30+,31-,32+/m1/s1. The lowest BCUT2D eigenvalue weighted by atomic mass is 9.81. The first-order valence-corrected chi connectivity index (χ1v) is 15.7. The van der Waals surface area contributed by atoms with Crippen molar-refractivity contribution in [2.75, 3.05) is 27.4 Å². The zero-order valence-corrected chi connectivity index (χ0v) is 27.0. The van der Waals surface area contributed by atoms with E-state index in [1.807, 2.05) is 6.07 Å². The highest BCUT2D eigenvalue weighted by atomic mass is 16.8. The average Bonchev–Trinajstić information content (AvgIpc) is 3.12. The van der Waals surface area contributed by atoms with Crippen LogP contribution in [0.15, 0.2) is 42.7 Å². The van der Waals surface area contributed by atoms with Gasteiger partial charge in [0.05, 0.1) is 45.3 Å². The molecule has 1 aromatic rings. The van der Waals surface area contributed by atoms with E-state index in [-0.39, 0.29) is 35.7 Å². The number of aliphatic hydroxyl groups is 6. The fourth-order valence-electron chi connectivity index (χ4n) is 6.28. The molecule has 15 atom stereocenters. The summed E-state index contributed by atoms with van der Waals surface area (Å²) in [6.07, 6.45) is -15.9. The number of rotatable bonds is 11. The molecule has 5 rings (SSSR count). The molecule has 0 saturated carbocycles. The van der Waals surface area contributed by atoms with Gasteiger partial charge in [-0.05, 0) is 17.7 Å². The van der Waals surface area contributed by atoms with Crippen LogP contribution in [0.2, 0.25) is 0 Å². The number of ether oxygens (including phenoxy) is 9. The van der Waals surface area contributed by atoms with E-state index in [9.17, 15) is 45.8 Å². The smallest absolute Gasteiger partial charge is 0.337 e. The first-order valence-electron chi connectivity index (χ1n) is 15.7. The van der Waals surface area contributed by atoms with Gasteiger partial charge in [-0.25, -0.2) is 4.79 Å². The van der Waals surface area contributed by atoms with Crippen LogP contribution < -0.4 is 4.74 Å². The van der Waals surface area contributed by atoms with Gasteiger partial charge in [0, 0.05) is 18.3 Å². The van der Waals surface area contributed by atoms with Crippen molar-refractivity contribution in [2.45, 2.75) is 86.5 Å². The van der Waals surface area contributed by atoms with Crippen LogP contribution in [0.3, 0.4) is 0 Å². The van der Waals surface area contributed by atoms with E-state index >= 15 is 0 Å². The predicted octanol–water partition coefficient (Wildman–Crippen LogP) is -1.79. The van der Waals surface area contributed by atoms with E-state index in [0.717, 1.165) is 6.26 Å². The Morgan fingerprint density at radius 3 is 2.42 bits per heavy atom. The van der Waals surface area contributed by atoms with Crippen molar-refractivity contribution in [1.29, 1.82) is 5.26 Å². The maximum atomic E-state index is 12.8. The molecule has 18 nitrogen and oxygen atoms in total. The summed E-state index contributed by atoms with van der Waals surface area (Å²) in [6.45, 7) is 2.98. The summed E-state index contributed by atoms with van der Waals surface area (Å²) in [5.41, 5.74) is 0.285. The van der Waals surface area contributed by atoms with Gasteiger partial charge in [-0.3, -0.25) is 0 Å². The van der Waals surface area contributed by atoms with Crippen LogP contribution in [-0.4, -0.2) is 143 Å². The van der Waals surface area contributed by atoms with Crippen LogP contribution in [-0.2, 0) is 42.7 Å². The number of nitriles is 1. The largest absolute Gasteiger partial charge is 0.504 e. The monoisotopic (exact) mass is 711 g/mol. The van der Waals surface area contributed by atoms with Crippen LogP contribution in [0.25, 0.3) is 0 Å². The van der Waals surface area contributed by atoms with E-state index in [1.54, 1.807) is 0 Å². The minimum absolute atomic E-state index is 0.0430. The molecule has 3 saturated heterocycles. The molecule has 0 bridgehead atoms. The van der Waals surface area contributed by atoms with E-state index in [0.29, 0.717) is 0 Å². The number of benzene rings is 1. The van der Waals surface area contributed by atoms with Gasteiger partial charge in [-0.15, -0.1) is 6.58 Å². The second-order valence-corrected chi connectivity index (χ2v) is 12.0. The van der Waals surface area contributed by atoms with E-state index < -0.39 is 105 Å². The van der Waals surface area contributed by atoms with Crippen LogP contribution in [0.4, 0.5) is 0 Å². The number of nitrogens with zero attached hydrogens (tertiary/aromatic N) is 1. The van der Waals surface area contributed by atoms with Gasteiger partial charge in [0.15, 0.2) is 36.5 Å². The number of aliphatic hydroxyl groups excluding tert-OH is 6. The molecule has 0 amide bonds. The van der Waals surface area contributed by atoms with E-state index in [2.05, 4.69) is 6.58 Å². The number of methoxy groups -OCH3 is 2. The van der Waals surface area contributed by atoms with Crippen LogP contribution in [0.5, 0.6) is 11.5 Å². The zero-order valence-electron chi connectivity index (χ0n) is 27.0. The summed E-state index contributed by atoms with van der Waals surface area (Å²) in [4.78, 5) is 12.8. The minimum atomic E-state index is -1.73. The number of carbonyl (C=O) groups excluding carboxylic acids is 1. The molecule has 0 unspecified atom stereocenters. The lowest BCUT2D eigenvalue weighted by Gasteiger charge is -2.47. The van der Waals surface area contributed by atoms with E-state index in [1.165, 1.54) is 38.5 Å². The van der Waals surface area contributed by atoms with Crippen molar-refractivity contribution in [3.05, 3.63) is 48.3 Å². The van der Waals surface area contributed by atoms with Crippen LogP contribution >= 0.6 is 0 Å². The fourth-order valence-corrected chi connectivity index (χ4v) is 6.28. The highest BCUT2D eigenvalue weighted by Gasteiger charge is 2.52. The van der Waals surface area contributed by atoms with Gasteiger partial charge < -0.3 is 78.4 Å². The number of hydrogen-bond donors (Lipinski definition) is 7. The molecule has 3 fully saturated rings. The van der Waals surface area contributed by atoms with Crippen molar-refractivity contribution in [1.82, 2.24) is 0 Å². The summed E-state index contributed by atoms with van der Waals surface area (Å²) < 4.78 is 50.3. The molecule has 50 heavy (non-hydrogen) atoms. The molecule has 0 aliphatic carbocycles. The Morgan fingerprint density at radius 2 is 1.78 bits per heavy atom. The SMILES string of the molecule is C=C[C@H]1[C@H](O[C@@H]2O[C@H](CO)[C@@H](O)[C@H](O)[C@H]2O)OC=C(C(=O)OC)[C@H]1C[C@@H]1OC[C@H]2O[C@@H](O[C@@H](C#N)c3ccc(OC)c(O)c3)[C@H](O)[C@@H](O)[C@@H]2O1. The summed E-state index contributed by atoms with van der Waals surface area (Å²) in [5, 5.41) is 82.2. The van der Waals surface area contributed by atoms with Crippen LogP contribution in [0.1, 0.15) is 18.1 Å². The van der Waals surface area contributed by atoms with Crippen molar-refractivity contribution >= 4 is 5.97 Å². The molecule has 1 aromatic carbocycles. The number of phenols is 1. The average molecular weight is 712 g/mol. The van der Waals surface area contributed by atoms with Crippen molar-refractivity contribution in [2.24, 2.45) is 11.8 Å². The highest BCUT2D eigenvalue weighted by Crippen LogP contribution is 2.40. The fraction of sp³-hybridized carbons (Fsp3) is 0.625. The Balaban J connectivity index is 1.27. The predicted molar refractivity (Wildman–Crippen MR) is 161 cm³/mol. The lowest BCUT2D eigenvalue weighted by Crippen LogP contribution is -2.63. The number of hydrogen-bond acceptors (Lipinski definition) is 18. The second kappa shape index (κ2) is 16.3. The maximum absolute atomic E-state index is 12.8. The topological polar surface area (TPSA) is 266 Å². The summed E-state index contributed by atoms with van der Waals surface area (Å²) in [6, 6.07) is 6.11. The van der Waals surface area contributed by atoms with Crippen molar-refractivity contribution in [3.63, 3.8) is 0 Å². The molecule has 0 aromatic heterocycles. The Bertz CT molecular complexity index is 1420. The second-order valence-electron chi connectivity index (χ2n) is 12.0. The molecular formula is C32H41NO17. The first kappa shape index (κ1) is 37.8. The molecular weight excluding hydrogens is 670 g/mol. The molecule has 4 heterocycles. The highest BCUT2D eigenvalue weighted by molar-refractivity contribution is 5.89. The van der Waals surface area contributed by atoms with Crippen molar-refractivity contribution in [3.8, 4) is 17.6 Å². The molecule has 4 aliphatic heterocycles. The molecule has 0 spiro atoms. The minimum Gasteiger partial charge on any atom is -0.504 e. The molecule has 7 N–H and O–H groups in total. The summed E-state index contributed by atoms with van der Waals surface area (Å²) in [5.74, 6) is -2.50. The van der Waals surface area contributed by atoms with Gasteiger partial charge in [-0.2, -0.15) is 5.26 Å². The maximum Gasteiger partial charge on any atom is 0.337 e. The van der Waals surface area contributed by atoms with Gasteiger partial charge in [-0.1, -0.05) is 12.1 Å². The van der Waals surface area contributed by atoms with Gasteiger partial charge >= 0.3 is 5.97 Å². The number of fused-ring (bicyclic) bond motifs is 1. The Hall–Kier alpha value is -3.42. The van der Waals surface area contributed by atoms with Gasteiger partial charge in [0.1, 0.15) is 48.8 Å². The van der Waals surface area contributed by atoms with Gasteiger partial charge in [0.2, 0.25) is 6.29 Å². The molecule has 18 heteroatoms. The molecule has 276 valence electrons. The molecule has 0 radical (unpaired) electrons. The third-order valence-corrected chi connectivity index (χ3v) is 9.05. The van der Waals surface area contributed by atoms with Crippen molar-refractivity contribution < 1.29 is 83.2 Å². The number of esters is 1. The Kier molecular flexibility index (Phi) is 12.3. The Morgan fingerprint density at radius 1 is 1.04 bits per heavy atom. The lowest BCUT2D eigenvalue weighted by molar-refractivity contribution is -0.365. The van der Waals surface area contributed by atoms with Gasteiger partial charge in [0.25, 0.3) is 0 Å². The zero-order chi connectivity index (χ0) is 36.3. The third-order valence-electron chi connectivity index (χ3n) is 9.05.